The number of hydrogen-bond donors (Lipinski definition) is 1. The number of nitro benzene ring substituents is 1. The van der Waals surface area contributed by atoms with Crippen molar-refractivity contribution < 1.29 is 40.1 Å². The molecular weight excluding hydrogens is 626 g/mol. The van der Waals surface area contributed by atoms with Crippen molar-refractivity contribution in [2.45, 2.75) is 12.4 Å². The minimum absolute atomic E-state index is 0.0574. The van der Waals surface area contributed by atoms with Crippen LogP contribution in [0.25, 0.3) is 44.6 Å². The average Bonchev–Trinajstić information content (AvgIpc) is 3.00. The van der Waals surface area contributed by atoms with Crippen LogP contribution in [-0.4, -0.2) is 14.9 Å². The minimum atomic E-state index is -4.77. The van der Waals surface area contributed by atoms with Gasteiger partial charge in [0.05, 0.1) is 21.4 Å². The lowest BCUT2D eigenvalue weighted by atomic mass is 10.1. The van der Waals surface area contributed by atoms with E-state index >= 15 is 0 Å². The Bertz CT molecular complexity index is 2250. The number of rotatable bonds is 3. The monoisotopic (exact) mass is 642 g/mol. The number of nitrogens with two attached hydrogens (primary N) is 1. The van der Waals surface area contributed by atoms with E-state index in [-0.39, 0.29) is 38.9 Å². The summed E-state index contributed by atoms with van der Waals surface area (Å²) in [6.07, 6.45) is -7.45. The van der Waals surface area contributed by atoms with Gasteiger partial charge in [0.1, 0.15) is 11.5 Å². The standard InChI is InChI=1S/C15H7F3N2O4.C15H9F3N2O2/c16-15(17,18)14-9(4-2-6-19-14)12-7-11(21)8-3-1-5-10(20(22)23)13(8)24-12;16-15(17,18)14-9(4-2-6-20-14)12-7-11(21)8-3-1-5-10(19)13(8)22-12/h1-7H;1-7H,19H2. The van der Waals surface area contributed by atoms with Crippen molar-refractivity contribution in [2.75, 3.05) is 5.73 Å². The van der Waals surface area contributed by atoms with Crippen LogP contribution in [0.4, 0.5) is 37.7 Å². The number of benzene rings is 2. The maximum atomic E-state index is 13.1. The molecule has 0 fully saturated rings. The molecule has 0 atom stereocenters. The van der Waals surface area contributed by atoms with E-state index in [0.29, 0.717) is 0 Å². The van der Waals surface area contributed by atoms with Gasteiger partial charge in [0.2, 0.25) is 5.58 Å². The van der Waals surface area contributed by atoms with Gasteiger partial charge in [0.15, 0.2) is 27.8 Å². The summed E-state index contributed by atoms with van der Waals surface area (Å²) >= 11 is 0. The fourth-order valence-electron chi connectivity index (χ4n) is 4.43. The Morgan fingerprint density at radius 3 is 1.61 bits per heavy atom. The highest BCUT2D eigenvalue weighted by Crippen LogP contribution is 2.37. The summed E-state index contributed by atoms with van der Waals surface area (Å²) in [5.74, 6) is -0.668. The summed E-state index contributed by atoms with van der Waals surface area (Å²) < 4.78 is 89.0. The highest BCUT2D eigenvalue weighted by molar-refractivity contribution is 5.88. The molecule has 0 radical (unpaired) electrons. The molecule has 0 aliphatic carbocycles. The van der Waals surface area contributed by atoms with Crippen molar-refractivity contribution in [1.29, 1.82) is 0 Å². The second kappa shape index (κ2) is 11.8. The van der Waals surface area contributed by atoms with Gasteiger partial charge in [-0.15, -0.1) is 0 Å². The Hall–Kier alpha value is -6.06. The number of nitrogens with zero attached hydrogens (tertiary/aromatic N) is 3. The zero-order chi connectivity index (χ0) is 33.4. The van der Waals surface area contributed by atoms with Gasteiger partial charge >= 0.3 is 18.0 Å². The van der Waals surface area contributed by atoms with Gasteiger partial charge < -0.3 is 14.6 Å². The Morgan fingerprint density at radius 2 is 1.13 bits per heavy atom. The number of para-hydroxylation sites is 2. The molecule has 6 aromatic rings. The van der Waals surface area contributed by atoms with Gasteiger partial charge in [-0.25, -0.2) is 0 Å². The highest BCUT2D eigenvalue weighted by Gasteiger charge is 2.37. The number of nitro groups is 1. The number of pyridine rings is 2. The number of halogens is 6. The summed E-state index contributed by atoms with van der Waals surface area (Å²) in [7, 11) is 0. The molecule has 16 heteroatoms. The molecule has 0 saturated carbocycles. The second-order valence-corrected chi connectivity index (χ2v) is 9.38. The molecule has 4 heterocycles. The van der Waals surface area contributed by atoms with Crippen LogP contribution < -0.4 is 16.6 Å². The van der Waals surface area contributed by atoms with Crippen LogP contribution >= 0.6 is 0 Å². The third-order valence-electron chi connectivity index (χ3n) is 6.40. The molecule has 2 aromatic carbocycles. The Labute approximate surface area is 251 Å². The predicted molar refractivity (Wildman–Crippen MR) is 153 cm³/mol. The molecule has 0 amide bonds. The lowest BCUT2D eigenvalue weighted by molar-refractivity contribution is -0.383. The summed E-state index contributed by atoms with van der Waals surface area (Å²) in [5.41, 5.74) is 0.759. The van der Waals surface area contributed by atoms with Crippen LogP contribution in [0.5, 0.6) is 0 Å². The SMILES string of the molecule is Nc1cccc2c(=O)cc(-c3cccnc3C(F)(F)F)oc12.O=c1cc(-c2cccnc2C(F)(F)F)oc2c([N+](=O)[O-])cccc12. The predicted octanol–water partition coefficient (Wildman–Crippen LogP) is 7.24. The van der Waals surface area contributed by atoms with E-state index in [9.17, 15) is 46.0 Å². The topological polar surface area (TPSA) is 155 Å². The third-order valence-corrected chi connectivity index (χ3v) is 6.40. The van der Waals surface area contributed by atoms with Crippen LogP contribution in [0.2, 0.25) is 0 Å². The van der Waals surface area contributed by atoms with Crippen LogP contribution in [0.15, 0.2) is 104 Å². The molecule has 0 aliphatic heterocycles. The molecule has 0 bridgehead atoms. The first-order valence-electron chi connectivity index (χ1n) is 12.8. The smallest absolute Gasteiger partial charge is 0.434 e. The zero-order valence-electron chi connectivity index (χ0n) is 22.7. The lowest BCUT2D eigenvalue weighted by Gasteiger charge is -2.11. The van der Waals surface area contributed by atoms with Gasteiger partial charge in [-0.2, -0.15) is 26.3 Å². The number of fused-ring (bicyclic) bond motifs is 2. The normalized spacial score (nSPS) is 11.7. The molecule has 10 nitrogen and oxygen atoms in total. The van der Waals surface area contributed by atoms with Crippen LogP contribution in [0, 0.1) is 10.1 Å². The van der Waals surface area contributed by atoms with Gasteiger partial charge in [0.25, 0.3) is 0 Å². The van der Waals surface area contributed by atoms with E-state index in [0.717, 1.165) is 36.7 Å². The van der Waals surface area contributed by atoms with E-state index in [1.54, 1.807) is 6.07 Å². The number of nitrogen functional groups attached to an aromatic ring is 1. The maximum Gasteiger partial charge on any atom is 0.434 e. The van der Waals surface area contributed by atoms with Gasteiger partial charge in [-0.3, -0.25) is 29.7 Å². The van der Waals surface area contributed by atoms with E-state index in [2.05, 4.69) is 9.97 Å². The summed E-state index contributed by atoms with van der Waals surface area (Å²) in [4.78, 5) is 41.1. The lowest BCUT2D eigenvalue weighted by Crippen LogP contribution is -2.10. The quantitative estimate of drug-likeness (QED) is 0.0910. The fourth-order valence-corrected chi connectivity index (χ4v) is 4.43. The number of non-ortho nitro benzene ring substituents is 1. The number of anilines is 1. The van der Waals surface area contributed by atoms with E-state index < -0.39 is 56.5 Å². The van der Waals surface area contributed by atoms with Crippen molar-refractivity contribution in [1.82, 2.24) is 9.97 Å². The van der Waals surface area contributed by atoms with E-state index in [1.165, 1.54) is 42.5 Å². The minimum Gasteiger partial charge on any atom is -0.454 e. The molecule has 2 N–H and O–H groups in total. The Morgan fingerprint density at radius 1 is 0.674 bits per heavy atom. The molecule has 4 aromatic heterocycles. The number of hydrogen-bond acceptors (Lipinski definition) is 9. The maximum absolute atomic E-state index is 13.1. The van der Waals surface area contributed by atoms with Crippen molar-refractivity contribution in [3.63, 3.8) is 0 Å². The highest BCUT2D eigenvalue weighted by atomic mass is 19.4. The van der Waals surface area contributed by atoms with E-state index in [4.69, 9.17) is 14.6 Å². The Kier molecular flexibility index (Phi) is 8.04. The molecular formula is C30H16F6N4O6. The Balaban J connectivity index is 0.000000182. The van der Waals surface area contributed by atoms with Crippen LogP contribution in [-0.2, 0) is 12.4 Å². The molecule has 0 saturated heterocycles. The number of alkyl halides is 6. The van der Waals surface area contributed by atoms with Gasteiger partial charge in [0, 0.05) is 41.7 Å². The van der Waals surface area contributed by atoms with Crippen molar-refractivity contribution in [2.24, 2.45) is 0 Å². The first kappa shape index (κ1) is 31.4. The van der Waals surface area contributed by atoms with E-state index in [1.807, 2.05) is 0 Å². The summed E-state index contributed by atoms with van der Waals surface area (Å²) in [6, 6.07) is 15.0. The molecule has 0 spiro atoms. The third kappa shape index (κ3) is 6.12. The molecule has 6 rings (SSSR count). The summed E-state index contributed by atoms with van der Waals surface area (Å²) in [6.45, 7) is 0. The summed E-state index contributed by atoms with van der Waals surface area (Å²) in [5, 5.41) is 11.2. The van der Waals surface area contributed by atoms with Crippen molar-refractivity contribution in [3.8, 4) is 22.6 Å². The molecule has 234 valence electrons. The van der Waals surface area contributed by atoms with Crippen LogP contribution in [0.1, 0.15) is 11.4 Å². The first-order valence-corrected chi connectivity index (χ1v) is 12.8. The molecule has 46 heavy (non-hydrogen) atoms. The van der Waals surface area contributed by atoms with Crippen LogP contribution in [0.3, 0.4) is 0 Å². The van der Waals surface area contributed by atoms with Crippen molar-refractivity contribution >= 4 is 33.3 Å². The van der Waals surface area contributed by atoms with Crippen molar-refractivity contribution in [3.05, 3.63) is 127 Å². The average molecular weight is 642 g/mol. The van der Waals surface area contributed by atoms with Gasteiger partial charge in [-0.05, 0) is 42.5 Å². The second-order valence-electron chi connectivity index (χ2n) is 9.38. The number of aromatic nitrogens is 2. The fraction of sp³-hybridized carbons (Fsp3) is 0.0667. The van der Waals surface area contributed by atoms with Gasteiger partial charge in [-0.1, -0.05) is 12.1 Å². The molecule has 0 unspecified atom stereocenters. The zero-order valence-corrected chi connectivity index (χ0v) is 22.7. The molecule has 0 aliphatic rings. The largest absolute Gasteiger partial charge is 0.454 e. The first-order chi connectivity index (χ1) is 21.7.